The Morgan fingerprint density at radius 1 is 1.44 bits per heavy atom. The molecule has 0 radical (unpaired) electrons. The van der Waals surface area contributed by atoms with Crippen LogP contribution in [0.3, 0.4) is 0 Å². The van der Waals surface area contributed by atoms with Gasteiger partial charge in [0.25, 0.3) is 5.91 Å². The smallest absolute Gasteiger partial charge is 0.251 e. The number of benzene rings is 1. The van der Waals surface area contributed by atoms with Crippen LogP contribution in [0.15, 0.2) is 18.2 Å². The zero-order valence-electron chi connectivity index (χ0n) is 11.2. The Hall–Kier alpha value is -0.780. The van der Waals surface area contributed by atoms with Crippen molar-refractivity contribution >= 4 is 28.5 Å². The number of phenolic OH excluding ortho intramolecular Hbond substituents is 1. The summed E-state index contributed by atoms with van der Waals surface area (Å²) in [6.07, 6.45) is 0. The molecule has 0 aliphatic heterocycles. The SMILES string of the molecule is CC(CNC(=O)c1ccc(I)c(O)c1)C(C)(C)C. The van der Waals surface area contributed by atoms with Gasteiger partial charge in [0.15, 0.2) is 0 Å². The molecule has 1 atom stereocenters. The van der Waals surface area contributed by atoms with Crippen molar-refractivity contribution in [1.29, 1.82) is 0 Å². The number of phenols is 1. The van der Waals surface area contributed by atoms with Gasteiger partial charge in [0.2, 0.25) is 0 Å². The summed E-state index contributed by atoms with van der Waals surface area (Å²) in [4.78, 5) is 11.9. The molecule has 0 bridgehead atoms. The fourth-order valence-electron chi connectivity index (χ4n) is 1.31. The molecule has 18 heavy (non-hydrogen) atoms. The van der Waals surface area contributed by atoms with Crippen molar-refractivity contribution in [2.45, 2.75) is 27.7 Å². The largest absolute Gasteiger partial charge is 0.507 e. The van der Waals surface area contributed by atoms with Crippen molar-refractivity contribution < 1.29 is 9.90 Å². The van der Waals surface area contributed by atoms with E-state index in [0.717, 1.165) is 3.57 Å². The number of hydrogen-bond acceptors (Lipinski definition) is 2. The molecule has 1 aromatic rings. The molecule has 0 saturated heterocycles. The summed E-state index contributed by atoms with van der Waals surface area (Å²) in [6.45, 7) is 9.21. The molecule has 1 rings (SSSR count). The number of carbonyl (C=O) groups is 1. The fourth-order valence-corrected chi connectivity index (χ4v) is 1.64. The van der Waals surface area contributed by atoms with Crippen LogP contribution >= 0.6 is 22.6 Å². The minimum Gasteiger partial charge on any atom is -0.507 e. The van der Waals surface area contributed by atoms with Crippen LogP contribution in [0.2, 0.25) is 0 Å². The number of amides is 1. The molecule has 0 aliphatic rings. The number of nitrogens with one attached hydrogen (secondary N) is 1. The van der Waals surface area contributed by atoms with Crippen LogP contribution in [-0.4, -0.2) is 17.6 Å². The third-order valence-electron chi connectivity index (χ3n) is 3.26. The first-order chi connectivity index (χ1) is 8.21. The molecular formula is C14H20INO2. The van der Waals surface area contributed by atoms with Gasteiger partial charge in [-0.15, -0.1) is 0 Å². The van der Waals surface area contributed by atoms with E-state index in [0.29, 0.717) is 18.0 Å². The van der Waals surface area contributed by atoms with Gasteiger partial charge in [0.1, 0.15) is 5.75 Å². The van der Waals surface area contributed by atoms with Gasteiger partial charge >= 0.3 is 0 Å². The van der Waals surface area contributed by atoms with E-state index in [2.05, 4.69) is 33.0 Å². The van der Waals surface area contributed by atoms with Gasteiger partial charge < -0.3 is 10.4 Å². The molecule has 0 fully saturated rings. The van der Waals surface area contributed by atoms with Gasteiger partial charge in [-0.2, -0.15) is 0 Å². The van der Waals surface area contributed by atoms with Gasteiger partial charge in [0, 0.05) is 12.1 Å². The molecule has 0 spiro atoms. The summed E-state index contributed by atoms with van der Waals surface area (Å²) in [5, 5.41) is 12.5. The third kappa shape index (κ3) is 4.15. The Labute approximate surface area is 122 Å². The molecule has 100 valence electrons. The molecule has 0 aliphatic carbocycles. The predicted molar refractivity (Wildman–Crippen MR) is 81.8 cm³/mol. The van der Waals surface area contributed by atoms with Crippen LogP contribution < -0.4 is 5.32 Å². The van der Waals surface area contributed by atoms with Crippen LogP contribution in [0.5, 0.6) is 5.75 Å². The number of hydrogen-bond donors (Lipinski definition) is 2. The lowest BCUT2D eigenvalue weighted by Gasteiger charge is -2.27. The quantitative estimate of drug-likeness (QED) is 0.811. The average molecular weight is 361 g/mol. The predicted octanol–water partition coefficient (Wildman–Crippen LogP) is 3.41. The van der Waals surface area contributed by atoms with E-state index in [1.165, 1.54) is 6.07 Å². The summed E-state index contributed by atoms with van der Waals surface area (Å²) in [5.74, 6) is 0.392. The first-order valence-corrected chi connectivity index (χ1v) is 7.06. The summed E-state index contributed by atoms with van der Waals surface area (Å²) < 4.78 is 0.743. The normalized spacial score (nSPS) is 13.2. The second kappa shape index (κ2) is 5.91. The average Bonchev–Trinajstić information content (AvgIpc) is 2.27. The van der Waals surface area contributed by atoms with Gasteiger partial charge in [-0.1, -0.05) is 27.7 Å². The highest BCUT2D eigenvalue weighted by Gasteiger charge is 2.20. The van der Waals surface area contributed by atoms with Gasteiger partial charge in [-0.25, -0.2) is 0 Å². The lowest BCUT2D eigenvalue weighted by Crippen LogP contribution is -2.33. The summed E-state index contributed by atoms with van der Waals surface area (Å²) in [5.41, 5.74) is 0.663. The van der Waals surface area contributed by atoms with Gasteiger partial charge in [0.05, 0.1) is 3.57 Å². The standard InChI is InChI=1S/C14H20INO2/c1-9(14(2,3)4)8-16-13(18)10-5-6-11(15)12(17)7-10/h5-7,9,17H,8H2,1-4H3,(H,16,18). The minimum absolute atomic E-state index is 0.141. The van der Waals surface area contributed by atoms with Crippen LogP contribution in [-0.2, 0) is 0 Å². The van der Waals surface area contributed by atoms with Crippen LogP contribution in [0.1, 0.15) is 38.1 Å². The first kappa shape index (κ1) is 15.3. The van der Waals surface area contributed by atoms with Gasteiger partial charge in [-0.05, 0) is 52.1 Å². The van der Waals surface area contributed by atoms with Crippen molar-refractivity contribution in [1.82, 2.24) is 5.32 Å². The highest BCUT2D eigenvalue weighted by molar-refractivity contribution is 14.1. The van der Waals surface area contributed by atoms with E-state index >= 15 is 0 Å². The topological polar surface area (TPSA) is 49.3 Å². The molecule has 2 N–H and O–H groups in total. The van der Waals surface area contributed by atoms with Crippen molar-refractivity contribution in [3.63, 3.8) is 0 Å². The van der Waals surface area contributed by atoms with Crippen LogP contribution in [0, 0.1) is 14.9 Å². The molecule has 0 saturated carbocycles. The van der Waals surface area contributed by atoms with Gasteiger partial charge in [-0.3, -0.25) is 4.79 Å². The zero-order chi connectivity index (χ0) is 13.9. The molecule has 1 unspecified atom stereocenters. The lowest BCUT2D eigenvalue weighted by molar-refractivity contribution is 0.0936. The molecule has 1 amide bonds. The van der Waals surface area contributed by atoms with E-state index in [9.17, 15) is 9.90 Å². The maximum absolute atomic E-state index is 11.9. The third-order valence-corrected chi connectivity index (χ3v) is 4.17. The molecule has 4 heteroatoms. The Bertz CT molecular complexity index is 438. The molecule has 0 heterocycles. The Kier molecular flexibility index (Phi) is 5.01. The summed E-state index contributed by atoms with van der Waals surface area (Å²) in [7, 11) is 0. The molecule has 3 nitrogen and oxygen atoms in total. The van der Waals surface area contributed by atoms with Crippen molar-refractivity contribution in [2.75, 3.05) is 6.54 Å². The second-order valence-corrected chi connectivity index (χ2v) is 6.81. The van der Waals surface area contributed by atoms with Crippen molar-refractivity contribution in [3.05, 3.63) is 27.3 Å². The minimum atomic E-state index is -0.141. The summed E-state index contributed by atoms with van der Waals surface area (Å²) in [6, 6.07) is 4.95. The maximum atomic E-state index is 11.9. The van der Waals surface area contributed by atoms with E-state index < -0.39 is 0 Å². The molecule has 1 aromatic carbocycles. The number of carbonyl (C=O) groups excluding carboxylic acids is 1. The second-order valence-electron chi connectivity index (χ2n) is 5.64. The highest BCUT2D eigenvalue weighted by Crippen LogP contribution is 2.24. The summed E-state index contributed by atoms with van der Waals surface area (Å²) >= 11 is 2.03. The van der Waals surface area contributed by atoms with Crippen LogP contribution in [0.25, 0.3) is 0 Å². The first-order valence-electron chi connectivity index (χ1n) is 5.98. The van der Waals surface area contributed by atoms with E-state index in [1.807, 2.05) is 22.6 Å². The Morgan fingerprint density at radius 2 is 2.06 bits per heavy atom. The fraction of sp³-hybridized carbons (Fsp3) is 0.500. The lowest BCUT2D eigenvalue weighted by atomic mass is 9.82. The van der Waals surface area contributed by atoms with Crippen molar-refractivity contribution in [2.24, 2.45) is 11.3 Å². The zero-order valence-corrected chi connectivity index (χ0v) is 13.4. The van der Waals surface area contributed by atoms with E-state index in [-0.39, 0.29) is 17.1 Å². The number of halogens is 1. The number of rotatable bonds is 3. The number of aromatic hydroxyl groups is 1. The Morgan fingerprint density at radius 3 is 2.56 bits per heavy atom. The van der Waals surface area contributed by atoms with Crippen molar-refractivity contribution in [3.8, 4) is 5.75 Å². The maximum Gasteiger partial charge on any atom is 0.251 e. The van der Waals surface area contributed by atoms with E-state index in [4.69, 9.17) is 0 Å². The highest BCUT2D eigenvalue weighted by atomic mass is 127. The Balaban J connectivity index is 2.63. The monoisotopic (exact) mass is 361 g/mol. The van der Waals surface area contributed by atoms with E-state index in [1.54, 1.807) is 12.1 Å². The molecule has 0 aromatic heterocycles. The molecular weight excluding hydrogens is 341 g/mol. The van der Waals surface area contributed by atoms with Crippen LogP contribution in [0.4, 0.5) is 0 Å².